The Kier molecular flexibility index (Phi) is 6.28. The van der Waals surface area contributed by atoms with E-state index in [1.807, 2.05) is 19.1 Å². The molecule has 1 aromatic carbocycles. The Balaban J connectivity index is 1.54. The van der Waals surface area contributed by atoms with Crippen LogP contribution in [0.3, 0.4) is 0 Å². The van der Waals surface area contributed by atoms with Crippen molar-refractivity contribution in [3.63, 3.8) is 0 Å². The van der Waals surface area contributed by atoms with Crippen LogP contribution in [-0.4, -0.2) is 41.1 Å². The van der Waals surface area contributed by atoms with Crippen molar-refractivity contribution in [1.29, 1.82) is 0 Å². The van der Waals surface area contributed by atoms with Crippen LogP contribution in [0.4, 0.5) is 5.69 Å². The van der Waals surface area contributed by atoms with Gasteiger partial charge < -0.3 is 25.2 Å². The van der Waals surface area contributed by atoms with E-state index in [-0.39, 0.29) is 29.8 Å². The molecule has 9 nitrogen and oxygen atoms in total. The van der Waals surface area contributed by atoms with Crippen molar-refractivity contribution in [2.75, 3.05) is 11.9 Å². The van der Waals surface area contributed by atoms with Crippen molar-refractivity contribution >= 4 is 29.3 Å². The standard InChI is InChI=1S/C20H22N4O5/c1-13-6-2-3-7-14(13)22-18(25)12-17(21)23-29-20(27)15-8-4-10-24(15)19(26)16-9-5-11-28-16/h2-3,5-7,9,11,15H,4,8,10,12H2,1H3,(H2,21,23)(H,22,25). The minimum atomic E-state index is -0.773. The van der Waals surface area contributed by atoms with Gasteiger partial charge in [-0.2, -0.15) is 0 Å². The van der Waals surface area contributed by atoms with Crippen LogP contribution < -0.4 is 11.1 Å². The largest absolute Gasteiger partial charge is 0.459 e. The van der Waals surface area contributed by atoms with Crippen molar-refractivity contribution in [2.45, 2.75) is 32.2 Å². The van der Waals surface area contributed by atoms with Gasteiger partial charge >= 0.3 is 5.97 Å². The number of para-hydroxylation sites is 1. The van der Waals surface area contributed by atoms with Crippen molar-refractivity contribution in [1.82, 2.24) is 4.90 Å². The Hall–Kier alpha value is -3.62. The second-order valence-corrected chi connectivity index (χ2v) is 6.67. The molecule has 2 amide bonds. The number of anilines is 1. The third kappa shape index (κ3) is 5.01. The minimum absolute atomic E-state index is 0.147. The number of carbonyl (C=O) groups is 3. The number of benzene rings is 1. The molecule has 1 fully saturated rings. The molecule has 1 saturated heterocycles. The van der Waals surface area contributed by atoms with Gasteiger partial charge in [0.05, 0.1) is 12.7 Å². The zero-order valence-electron chi connectivity index (χ0n) is 16.0. The molecule has 1 aliphatic rings. The molecule has 0 radical (unpaired) electrons. The van der Waals surface area contributed by atoms with Gasteiger partial charge in [-0.1, -0.05) is 23.4 Å². The lowest BCUT2D eigenvalue weighted by Gasteiger charge is -2.20. The molecule has 0 spiro atoms. The van der Waals surface area contributed by atoms with E-state index in [4.69, 9.17) is 15.0 Å². The number of likely N-dealkylation sites (tertiary alicyclic amines) is 1. The molecule has 9 heteroatoms. The van der Waals surface area contributed by atoms with Gasteiger partial charge in [-0.3, -0.25) is 9.59 Å². The van der Waals surface area contributed by atoms with Crippen LogP contribution in [0.25, 0.3) is 0 Å². The van der Waals surface area contributed by atoms with Gasteiger partial charge in [-0.15, -0.1) is 0 Å². The number of rotatable bonds is 6. The van der Waals surface area contributed by atoms with Gasteiger partial charge in [0.15, 0.2) is 5.76 Å². The van der Waals surface area contributed by atoms with E-state index in [1.54, 1.807) is 18.2 Å². The number of oxime groups is 1. The highest BCUT2D eigenvalue weighted by Crippen LogP contribution is 2.21. The summed E-state index contributed by atoms with van der Waals surface area (Å²) in [6.07, 6.45) is 2.27. The van der Waals surface area contributed by atoms with E-state index >= 15 is 0 Å². The highest BCUT2D eigenvalue weighted by Gasteiger charge is 2.37. The molecule has 2 heterocycles. The van der Waals surface area contributed by atoms with Crippen LogP contribution in [0.5, 0.6) is 0 Å². The van der Waals surface area contributed by atoms with E-state index in [0.29, 0.717) is 25.1 Å². The van der Waals surface area contributed by atoms with E-state index < -0.39 is 12.0 Å². The molecule has 3 rings (SSSR count). The highest BCUT2D eigenvalue weighted by molar-refractivity contribution is 6.05. The number of aryl methyl sites for hydroxylation is 1. The Labute approximate surface area is 167 Å². The number of amidine groups is 1. The predicted molar refractivity (Wildman–Crippen MR) is 105 cm³/mol. The smallest absolute Gasteiger partial charge is 0.357 e. The number of nitrogens with one attached hydrogen (secondary N) is 1. The topological polar surface area (TPSA) is 127 Å². The van der Waals surface area contributed by atoms with Crippen molar-refractivity contribution in [3.8, 4) is 0 Å². The van der Waals surface area contributed by atoms with E-state index in [9.17, 15) is 14.4 Å². The molecule has 2 aromatic rings. The highest BCUT2D eigenvalue weighted by atomic mass is 16.7. The number of nitrogens with two attached hydrogens (primary N) is 1. The molecule has 1 aliphatic heterocycles. The summed E-state index contributed by atoms with van der Waals surface area (Å²) in [6.45, 7) is 2.28. The predicted octanol–water partition coefficient (Wildman–Crippen LogP) is 2.04. The molecule has 1 atom stereocenters. The normalized spacial score (nSPS) is 16.5. The third-order valence-electron chi connectivity index (χ3n) is 4.53. The first-order valence-electron chi connectivity index (χ1n) is 9.19. The fourth-order valence-electron chi connectivity index (χ4n) is 3.07. The van der Waals surface area contributed by atoms with Crippen LogP contribution in [0, 0.1) is 6.92 Å². The maximum absolute atomic E-state index is 12.4. The summed E-state index contributed by atoms with van der Waals surface area (Å²) in [7, 11) is 0. The third-order valence-corrected chi connectivity index (χ3v) is 4.53. The number of hydrogen-bond acceptors (Lipinski definition) is 6. The maximum atomic E-state index is 12.4. The van der Waals surface area contributed by atoms with Gasteiger partial charge in [0.25, 0.3) is 5.91 Å². The number of furan rings is 1. The Bertz CT molecular complexity index is 923. The fraction of sp³-hybridized carbons (Fsp3) is 0.300. The molecule has 0 saturated carbocycles. The zero-order chi connectivity index (χ0) is 20.8. The minimum Gasteiger partial charge on any atom is -0.459 e. The second kappa shape index (κ2) is 9.05. The first-order chi connectivity index (χ1) is 14.0. The fourth-order valence-corrected chi connectivity index (χ4v) is 3.07. The number of amides is 2. The number of carbonyl (C=O) groups excluding carboxylic acids is 3. The molecule has 1 unspecified atom stereocenters. The van der Waals surface area contributed by atoms with Gasteiger partial charge in [0.2, 0.25) is 5.91 Å². The monoisotopic (exact) mass is 398 g/mol. The summed E-state index contributed by atoms with van der Waals surface area (Å²) in [6, 6.07) is 9.67. The quantitative estimate of drug-likeness (QED) is 0.332. The van der Waals surface area contributed by atoms with Gasteiger partial charge in [-0.25, -0.2) is 4.79 Å². The van der Waals surface area contributed by atoms with Crippen molar-refractivity contribution in [2.24, 2.45) is 10.9 Å². The molecule has 152 valence electrons. The van der Waals surface area contributed by atoms with Crippen LogP contribution >= 0.6 is 0 Å². The molecule has 1 aromatic heterocycles. The summed E-state index contributed by atoms with van der Waals surface area (Å²) in [4.78, 5) is 43.1. The number of hydrogen-bond donors (Lipinski definition) is 2. The average Bonchev–Trinajstić information content (AvgIpc) is 3.39. The second-order valence-electron chi connectivity index (χ2n) is 6.67. The number of nitrogens with zero attached hydrogens (tertiary/aromatic N) is 2. The lowest BCUT2D eigenvalue weighted by molar-refractivity contribution is -0.148. The van der Waals surface area contributed by atoms with Crippen LogP contribution in [-0.2, 0) is 14.4 Å². The first-order valence-corrected chi connectivity index (χ1v) is 9.19. The summed E-state index contributed by atoms with van der Waals surface area (Å²) in [5, 5.41) is 6.27. The average molecular weight is 398 g/mol. The zero-order valence-corrected chi connectivity index (χ0v) is 16.0. The molecular formula is C20H22N4O5. The van der Waals surface area contributed by atoms with Crippen LogP contribution in [0.15, 0.2) is 52.2 Å². The Morgan fingerprint density at radius 1 is 1.28 bits per heavy atom. The van der Waals surface area contributed by atoms with Gasteiger partial charge in [0, 0.05) is 12.2 Å². The van der Waals surface area contributed by atoms with E-state index in [1.165, 1.54) is 17.2 Å². The lowest BCUT2D eigenvalue weighted by atomic mass is 10.2. The van der Waals surface area contributed by atoms with Crippen molar-refractivity contribution < 1.29 is 23.6 Å². The van der Waals surface area contributed by atoms with Gasteiger partial charge in [-0.05, 0) is 43.5 Å². The van der Waals surface area contributed by atoms with Gasteiger partial charge in [0.1, 0.15) is 11.9 Å². The van der Waals surface area contributed by atoms with Crippen molar-refractivity contribution in [3.05, 3.63) is 54.0 Å². The summed E-state index contributed by atoms with van der Waals surface area (Å²) < 4.78 is 5.10. The van der Waals surface area contributed by atoms with E-state index in [0.717, 1.165) is 5.56 Å². The summed E-state index contributed by atoms with van der Waals surface area (Å²) in [5.41, 5.74) is 7.28. The Morgan fingerprint density at radius 2 is 2.07 bits per heavy atom. The summed E-state index contributed by atoms with van der Waals surface area (Å²) >= 11 is 0. The van der Waals surface area contributed by atoms with Crippen LogP contribution in [0.1, 0.15) is 35.4 Å². The molecule has 3 N–H and O–H groups in total. The molecule has 0 aliphatic carbocycles. The Morgan fingerprint density at radius 3 is 2.79 bits per heavy atom. The molecule has 0 bridgehead atoms. The summed E-state index contributed by atoms with van der Waals surface area (Å²) in [5.74, 6) is -1.47. The molecule has 29 heavy (non-hydrogen) atoms. The SMILES string of the molecule is Cc1ccccc1NC(=O)CC(N)=NOC(=O)C1CCCN1C(=O)c1ccco1. The molecular weight excluding hydrogens is 376 g/mol. The lowest BCUT2D eigenvalue weighted by Crippen LogP contribution is -2.41. The van der Waals surface area contributed by atoms with E-state index in [2.05, 4.69) is 10.5 Å². The maximum Gasteiger partial charge on any atom is 0.357 e. The first kappa shape index (κ1) is 20.1. The van der Waals surface area contributed by atoms with Crippen LogP contribution in [0.2, 0.25) is 0 Å².